The molecule has 12 aromatic rings. The summed E-state index contributed by atoms with van der Waals surface area (Å²) in [4.78, 5) is 2.52. The van der Waals surface area contributed by atoms with Gasteiger partial charge in [0.1, 0.15) is 0 Å². The van der Waals surface area contributed by atoms with Gasteiger partial charge in [-0.25, -0.2) is 0 Å². The molecule has 0 aliphatic heterocycles. The lowest BCUT2D eigenvalue weighted by Gasteiger charge is -2.27. The van der Waals surface area contributed by atoms with Crippen LogP contribution in [0.15, 0.2) is 200 Å². The van der Waals surface area contributed by atoms with Gasteiger partial charge >= 0.3 is 0 Å². The van der Waals surface area contributed by atoms with Crippen molar-refractivity contribution >= 4 is 112 Å². The monoisotopic (exact) mass is 791 g/mol. The lowest BCUT2D eigenvalue weighted by atomic mass is 9.98. The summed E-state index contributed by atoms with van der Waals surface area (Å²) < 4.78 is 7.80. The van der Waals surface area contributed by atoms with E-state index < -0.39 is 0 Å². The first-order chi connectivity index (χ1) is 28.7. The molecule has 12 rings (SSSR count). The fourth-order valence-corrected chi connectivity index (χ4v) is 12.2. The Hall–Kier alpha value is -6.56. The molecule has 1 nitrogen and oxygen atoms in total. The van der Waals surface area contributed by atoms with Crippen molar-refractivity contribution in [3.05, 3.63) is 200 Å². The van der Waals surface area contributed by atoms with Crippen LogP contribution >= 0.6 is 34.0 Å². The molecule has 0 atom stereocenters. The van der Waals surface area contributed by atoms with Crippen LogP contribution in [0.25, 0.3) is 93.9 Å². The predicted octanol–water partition coefficient (Wildman–Crippen LogP) is 17.3. The Morgan fingerprint density at radius 2 is 0.793 bits per heavy atom. The second kappa shape index (κ2) is 13.5. The summed E-state index contributed by atoms with van der Waals surface area (Å²) in [7, 11) is 0. The van der Waals surface area contributed by atoms with Crippen LogP contribution < -0.4 is 4.90 Å². The molecule has 272 valence electrons. The third-order valence-corrected chi connectivity index (χ3v) is 14.9. The lowest BCUT2D eigenvalue weighted by molar-refractivity contribution is 1.31. The van der Waals surface area contributed by atoms with Crippen molar-refractivity contribution in [3.63, 3.8) is 0 Å². The largest absolute Gasteiger partial charge is 0.310 e. The Kier molecular flexibility index (Phi) is 7.83. The number of nitrogens with zero attached hydrogens (tertiary/aromatic N) is 1. The van der Waals surface area contributed by atoms with Gasteiger partial charge in [0.25, 0.3) is 0 Å². The summed E-state index contributed by atoms with van der Waals surface area (Å²) in [5.74, 6) is 0. The molecule has 4 heteroatoms. The zero-order chi connectivity index (χ0) is 38.2. The highest BCUT2D eigenvalue weighted by Gasteiger charge is 2.23. The van der Waals surface area contributed by atoms with Crippen LogP contribution in [0.2, 0.25) is 0 Å². The van der Waals surface area contributed by atoms with E-state index in [1.54, 1.807) is 0 Å². The van der Waals surface area contributed by atoms with Crippen LogP contribution in [0.1, 0.15) is 0 Å². The highest BCUT2D eigenvalue weighted by atomic mass is 32.1. The van der Waals surface area contributed by atoms with Crippen molar-refractivity contribution in [3.8, 4) is 33.4 Å². The van der Waals surface area contributed by atoms with E-state index in [9.17, 15) is 0 Å². The number of hydrogen-bond donors (Lipinski definition) is 0. The van der Waals surface area contributed by atoms with E-state index in [2.05, 4.69) is 205 Å². The van der Waals surface area contributed by atoms with E-state index in [1.165, 1.54) is 99.6 Å². The summed E-state index contributed by atoms with van der Waals surface area (Å²) in [5.41, 5.74) is 10.9. The average molecular weight is 792 g/mol. The number of hydrogen-bond acceptors (Lipinski definition) is 4. The summed E-state index contributed by atoms with van der Waals surface area (Å²) in [5, 5.41) is 7.72. The molecule has 0 radical (unpaired) electrons. The molecule has 0 saturated carbocycles. The molecule has 3 heterocycles. The molecule has 9 aromatic carbocycles. The molecule has 0 N–H and O–H groups in total. The van der Waals surface area contributed by atoms with Crippen molar-refractivity contribution in [2.24, 2.45) is 0 Å². The third kappa shape index (κ3) is 5.48. The van der Waals surface area contributed by atoms with Crippen molar-refractivity contribution in [2.75, 3.05) is 4.90 Å². The molecule has 58 heavy (non-hydrogen) atoms. The highest BCUT2D eigenvalue weighted by Crippen LogP contribution is 2.50. The molecule has 0 unspecified atom stereocenters. The minimum absolute atomic E-state index is 1.15. The fraction of sp³-hybridized carbons (Fsp3) is 0. The Balaban J connectivity index is 1.12. The molecule has 0 fully saturated rings. The Morgan fingerprint density at radius 3 is 1.43 bits per heavy atom. The van der Waals surface area contributed by atoms with Gasteiger partial charge in [-0.1, -0.05) is 140 Å². The third-order valence-electron chi connectivity index (χ3n) is 11.5. The van der Waals surface area contributed by atoms with Crippen molar-refractivity contribution < 1.29 is 0 Å². The van der Waals surface area contributed by atoms with Gasteiger partial charge in [0.15, 0.2) is 0 Å². The highest BCUT2D eigenvalue weighted by molar-refractivity contribution is 7.27. The lowest BCUT2D eigenvalue weighted by Crippen LogP contribution is -2.10. The van der Waals surface area contributed by atoms with Gasteiger partial charge in [-0.05, 0) is 94.0 Å². The maximum Gasteiger partial charge on any atom is 0.0555 e. The van der Waals surface area contributed by atoms with E-state index >= 15 is 0 Å². The number of rotatable bonds is 6. The zero-order valence-electron chi connectivity index (χ0n) is 31.2. The SMILES string of the molecule is c1ccc(-c2ccc3c(c2)sc2ccc(N(c4ccc5sc6ccccc6c5c4)c4ccc(-c5ccccc5)c5sc6cc(-c7ccccc7)ccc6c45)cc23)cc1. The standard InChI is InChI=1S/C54H33NS3/c1-4-12-34(13-5-1)37-20-24-43-46-33-40(23-29-50(46)57-51(43)30-37)55(39-22-28-49-45(32-39)42-18-10-11-19-48(42)56-49)47-27-26-41(36-16-8-3-9-17-36)54-53(47)44-25-21-38(31-52(44)58-54)35-14-6-2-7-15-35/h1-33H. The van der Waals surface area contributed by atoms with Gasteiger partial charge in [-0.15, -0.1) is 34.0 Å². The van der Waals surface area contributed by atoms with Gasteiger partial charge in [0, 0.05) is 71.9 Å². The van der Waals surface area contributed by atoms with Crippen LogP contribution in [-0.2, 0) is 0 Å². The average Bonchev–Trinajstić information content (AvgIpc) is 3.98. The van der Waals surface area contributed by atoms with Gasteiger partial charge in [-0.2, -0.15) is 0 Å². The Labute approximate surface area is 347 Å². The second-order valence-corrected chi connectivity index (χ2v) is 18.1. The second-order valence-electron chi connectivity index (χ2n) is 14.9. The van der Waals surface area contributed by atoms with Gasteiger partial charge < -0.3 is 4.90 Å². The topological polar surface area (TPSA) is 3.24 Å². The maximum atomic E-state index is 2.52. The predicted molar refractivity (Wildman–Crippen MR) is 256 cm³/mol. The molecule has 0 bridgehead atoms. The molecule has 0 spiro atoms. The van der Waals surface area contributed by atoms with Crippen molar-refractivity contribution in [1.29, 1.82) is 0 Å². The molecule has 0 aliphatic carbocycles. The summed E-state index contributed by atoms with van der Waals surface area (Å²) in [6.45, 7) is 0. The van der Waals surface area contributed by atoms with E-state index in [0.29, 0.717) is 0 Å². The minimum Gasteiger partial charge on any atom is -0.310 e. The molecular formula is C54H33NS3. The van der Waals surface area contributed by atoms with E-state index in [4.69, 9.17) is 0 Å². The number of benzene rings is 9. The molecule has 0 amide bonds. The summed E-state index contributed by atoms with van der Waals surface area (Å²) >= 11 is 5.64. The number of thiophene rings is 3. The van der Waals surface area contributed by atoms with Crippen LogP contribution in [0.4, 0.5) is 17.1 Å². The van der Waals surface area contributed by atoms with Gasteiger partial charge in [-0.3, -0.25) is 0 Å². The van der Waals surface area contributed by atoms with Crippen molar-refractivity contribution in [2.45, 2.75) is 0 Å². The smallest absolute Gasteiger partial charge is 0.0555 e. The maximum absolute atomic E-state index is 2.52. The summed E-state index contributed by atoms with van der Waals surface area (Å²) in [6, 6.07) is 73.9. The van der Waals surface area contributed by atoms with Crippen LogP contribution in [0.5, 0.6) is 0 Å². The van der Waals surface area contributed by atoms with E-state index in [-0.39, 0.29) is 0 Å². The summed E-state index contributed by atoms with van der Waals surface area (Å²) in [6.07, 6.45) is 0. The molecular weight excluding hydrogens is 759 g/mol. The first-order valence-corrected chi connectivity index (χ1v) is 22.0. The Bertz CT molecular complexity index is 3500. The first-order valence-electron chi connectivity index (χ1n) is 19.6. The molecule has 0 aliphatic rings. The van der Waals surface area contributed by atoms with E-state index in [1.807, 2.05) is 34.0 Å². The van der Waals surface area contributed by atoms with Crippen LogP contribution in [-0.4, -0.2) is 0 Å². The number of anilines is 3. The fourth-order valence-electron chi connectivity index (χ4n) is 8.70. The first kappa shape index (κ1) is 33.6. The number of fused-ring (bicyclic) bond motifs is 9. The van der Waals surface area contributed by atoms with Gasteiger partial charge in [0.05, 0.1) is 5.69 Å². The minimum atomic E-state index is 1.15. The van der Waals surface area contributed by atoms with Crippen LogP contribution in [0, 0.1) is 0 Å². The quantitative estimate of drug-likeness (QED) is 0.162. The Morgan fingerprint density at radius 1 is 0.293 bits per heavy atom. The van der Waals surface area contributed by atoms with Gasteiger partial charge in [0.2, 0.25) is 0 Å². The zero-order valence-corrected chi connectivity index (χ0v) is 33.7. The van der Waals surface area contributed by atoms with Crippen molar-refractivity contribution in [1.82, 2.24) is 0 Å². The van der Waals surface area contributed by atoms with Crippen LogP contribution in [0.3, 0.4) is 0 Å². The normalized spacial score (nSPS) is 11.8. The van der Waals surface area contributed by atoms with E-state index in [0.717, 1.165) is 11.4 Å². The molecule has 3 aromatic heterocycles. The molecule has 0 saturated heterocycles.